The van der Waals surface area contributed by atoms with E-state index in [-0.39, 0.29) is 0 Å². The summed E-state index contributed by atoms with van der Waals surface area (Å²) in [6.07, 6.45) is 3.46. The van der Waals surface area contributed by atoms with Gasteiger partial charge in [-0.2, -0.15) is 0 Å². The summed E-state index contributed by atoms with van der Waals surface area (Å²) in [6.45, 7) is 2.09. The van der Waals surface area contributed by atoms with Crippen molar-refractivity contribution in [3.05, 3.63) is 54.5 Å². The standard InChI is InChI=1S/C15H14N2O/c1-11-10-12-4-3-5-14(15(12)17(11)2)18-13-6-8-16-9-7-13/h3-10H,1-2H3. The molecule has 0 fully saturated rings. The van der Waals surface area contributed by atoms with Crippen molar-refractivity contribution in [1.29, 1.82) is 0 Å². The van der Waals surface area contributed by atoms with Crippen LogP contribution >= 0.6 is 0 Å². The van der Waals surface area contributed by atoms with E-state index < -0.39 is 0 Å². The molecule has 0 aliphatic heterocycles. The number of nitrogens with zero attached hydrogens (tertiary/aromatic N) is 2. The van der Waals surface area contributed by atoms with E-state index in [0.29, 0.717) is 0 Å². The minimum absolute atomic E-state index is 0.802. The van der Waals surface area contributed by atoms with Gasteiger partial charge >= 0.3 is 0 Å². The molecule has 90 valence electrons. The lowest BCUT2D eigenvalue weighted by molar-refractivity contribution is 0.485. The second-order valence-electron chi connectivity index (χ2n) is 4.32. The van der Waals surface area contributed by atoms with Crippen LogP contribution in [-0.4, -0.2) is 9.55 Å². The van der Waals surface area contributed by atoms with Crippen molar-refractivity contribution in [3.8, 4) is 11.5 Å². The van der Waals surface area contributed by atoms with Crippen molar-refractivity contribution in [2.75, 3.05) is 0 Å². The molecule has 0 spiro atoms. The van der Waals surface area contributed by atoms with Gasteiger partial charge in [-0.15, -0.1) is 0 Å². The molecule has 2 aromatic heterocycles. The molecule has 3 heteroatoms. The molecule has 1 aromatic carbocycles. The van der Waals surface area contributed by atoms with Gasteiger partial charge in [0.25, 0.3) is 0 Å². The number of fused-ring (bicyclic) bond motifs is 1. The van der Waals surface area contributed by atoms with Gasteiger partial charge in [0.1, 0.15) is 5.75 Å². The molecule has 0 saturated carbocycles. The SMILES string of the molecule is Cc1cc2cccc(Oc3ccncc3)c2n1C. The summed E-state index contributed by atoms with van der Waals surface area (Å²) < 4.78 is 8.07. The molecular weight excluding hydrogens is 224 g/mol. The quantitative estimate of drug-likeness (QED) is 0.681. The maximum Gasteiger partial charge on any atom is 0.151 e. The summed E-state index contributed by atoms with van der Waals surface area (Å²) in [5, 5.41) is 1.20. The van der Waals surface area contributed by atoms with Crippen LogP contribution in [0.5, 0.6) is 11.5 Å². The summed E-state index contributed by atoms with van der Waals surface area (Å²) in [6, 6.07) is 12.0. The Labute approximate surface area is 106 Å². The summed E-state index contributed by atoms with van der Waals surface area (Å²) in [7, 11) is 2.05. The van der Waals surface area contributed by atoms with Crippen molar-refractivity contribution in [1.82, 2.24) is 9.55 Å². The predicted octanol–water partition coefficient (Wildman–Crippen LogP) is 3.67. The Morgan fingerprint density at radius 2 is 1.89 bits per heavy atom. The Morgan fingerprint density at radius 1 is 1.11 bits per heavy atom. The number of pyridine rings is 1. The molecular formula is C15H14N2O. The van der Waals surface area contributed by atoms with E-state index >= 15 is 0 Å². The highest BCUT2D eigenvalue weighted by atomic mass is 16.5. The summed E-state index contributed by atoms with van der Waals surface area (Å²) in [5.41, 5.74) is 2.34. The summed E-state index contributed by atoms with van der Waals surface area (Å²) in [5.74, 6) is 1.67. The third-order valence-electron chi connectivity index (χ3n) is 3.14. The zero-order chi connectivity index (χ0) is 12.5. The van der Waals surface area contributed by atoms with Crippen LogP contribution in [0, 0.1) is 6.92 Å². The second kappa shape index (κ2) is 4.18. The molecule has 0 unspecified atom stereocenters. The smallest absolute Gasteiger partial charge is 0.151 e. The molecule has 0 amide bonds. The average molecular weight is 238 g/mol. The van der Waals surface area contributed by atoms with Crippen LogP contribution in [0.4, 0.5) is 0 Å². The molecule has 0 N–H and O–H groups in total. The lowest BCUT2D eigenvalue weighted by Crippen LogP contribution is -1.93. The number of hydrogen-bond acceptors (Lipinski definition) is 2. The third kappa shape index (κ3) is 1.74. The number of aryl methyl sites for hydroxylation is 2. The van der Waals surface area contributed by atoms with Gasteiger partial charge in [-0.05, 0) is 31.2 Å². The van der Waals surface area contributed by atoms with Gasteiger partial charge in [0, 0.05) is 30.5 Å². The maximum atomic E-state index is 5.92. The zero-order valence-corrected chi connectivity index (χ0v) is 10.4. The molecule has 0 atom stereocenters. The highest BCUT2D eigenvalue weighted by Gasteiger charge is 2.08. The average Bonchev–Trinajstić information content (AvgIpc) is 2.67. The van der Waals surface area contributed by atoms with Crippen LogP contribution in [0.2, 0.25) is 0 Å². The van der Waals surface area contributed by atoms with Crippen LogP contribution in [-0.2, 0) is 7.05 Å². The Morgan fingerprint density at radius 3 is 2.67 bits per heavy atom. The monoisotopic (exact) mass is 238 g/mol. The fourth-order valence-electron chi connectivity index (χ4n) is 2.13. The molecule has 0 bridgehead atoms. The largest absolute Gasteiger partial charge is 0.455 e. The van der Waals surface area contributed by atoms with E-state index in [0.717, 1.165) is 17.0 Å². The Hall–Kier alpha value is -2.29. The first-order valence-corrected chi connectivity index (χ1v) is 5.88. The minimum atomic E-state index is 0.802. The Balaban J connectivity index is 2.12. The van der Waals surface area contributed by atoms with Gasteiger partial charge in [-0.3, -0.25) is 4.98 Å². The van der Waals surface area contributed by atoms with Gasteiger partial charge in [-0.1, -0.05) is 12.1 Å². The fourth-order valence-corrected chi connectivity index (χ4v) is 2.13. The van der Waals surface area contributed by atoms with Gasteiger partial charge in [0.15, 0.2) is 5.75 Å². The number of rotatable bonds is 2. The molecule has 3 aromatic rings. The predicted molar refractivity (Wildman–Crippen MR) is 72.0 cm³/mol. The molecule has 0 aliphatic rings. The van der Waals surface area contributed by atoms with E-state index in [2.05, 4.69) is 35.7 Å². The molecule has 3 nitrogen and oxygen atoms in total. The first kappa shape index (κ1) is 10.8. The van der Waals surface area contributed by atoms with Gasteiger partial charge in [0.2, 0.25) is 0 Å². The van der Waals surface area contributed by atoms with Gasteiger partial charge < -0.3 is 9.30 Å². The Bertz CT molecular complexity index is 686. The Kier molecular flexibility index (Phi) is 2.52. The first-order valence-electron chi connectivity index (χ1n) is 5.88. The third-order valence-corrected chi connectivity index (χ3v) is 3.14. The van der Waals surface area contributed by atoms with Crippen LogP contribution in [0.15, 0.2) is 48.8 Å². The lowest BCUT2D eigenvalue weighted by atomic mass is 10.2. The van der Waals surface area contributed by atoms with Crippen LogP contribution in [0.1, 0.15) is 5.69 Å². The van der Waals surface area contributed by atoms with Crippen LogP contribution in [0.25, 0.3) is 10.9 Å². The molecule has 18 heavy (non-hydrogen) atoms. The molecule has 2 heterocycles. The summed E-state index contributed by atoms with van der Waals surface area (Å²) >= 11 is 0. The van der Waals surface area contributed by atoms with E-state index in [1.807, 2.05) is 24.3 Å². The van der Waals surface area contributed by atoms with Gasteiger partial charge in [0.05, 0.1) is 5.52 Å². The number of para-hydroxylation sites is 1. The van der Waals surface area contributed by atoms with E-state index in [4.69, 9.17) is 4.74 Å². The molecule has 3 rings (SSSR count). The number of ether oxygens (including phenoxy) is 1. The maximum absolute atomic E-state index is 5.92. The topological polar surface area (TPSA) is 27.1 Å². The second-order valence-corrected chi connectivity index (χ2v) is 4.32. The van der Waals surface area contributed by atoms with Crippen molar-refractivity contribution >= 4 is 10.9 Å². The van der Waals surface area contributed by atoms with Gasteiger partial charge in [-0.25, -0.2) is 0 Å². The fraction of sp³-hybridized carbons (Fsp3) is 0.133. The number of benzene rings is 1. The number of hydrogen-bond donors (Lipinski definition) is 0. The van der Waals surface area contributed by atoms with E-state index in [1.54, 1.807) is 12.4 Å². The normalized spacial score (nSPS) is 10.8. The van der Waals surface area contributed by atoms with Crippen LogP contribution in [0.3, 0.4) is 0 Å². The summed E-state index contributed by atoms with van der Waals surface area (Å²) in [4.78, 5) is 3.99. The van der Waals surface area contributed by atoms with Crippen molar-refractivity contribution < 1.29 is 4.74 Å². The van der Waals surface area contributed by atoms with E-state index in [9.17, 15) is 0 Å². The van der Waals surface area contributed by atoms with Crippen molar-refractivity contribution in [2.45, 2.75) is 6.92 Å². The number of aromatic nitrogens is 2. The highest BCUT2D eigenvalue weighted by Crippen LogP contribution is 2.31. The first-order chi connectivity index (χ1) is 8.75. The lowest BCUT2D eigenvalue weighted by Gasteiger charge is -2.08. The molecule has 0 aliphatic carbocycles. The van der Waals surface area contributed by atoms with Crippen LogP contribution < -0.4 is 4.74 Å². The minimum Gasteiger partial charge on any atom is -0.455 e. The van der Waals surface area contributed by atoms with Crippen molar-refractivity contribution in [3.63, 3.8) is 0 Å². The molecule has 0 radical (unpaired) electrons. The zero-order valence-electron chi connectivity index (χ0n) is 10.4. The van der Waals surface area contributed by atoms with E-state index in [1.165, 1.54) is 11.1 Å². The van der Waals surface area contributed by atoms with Crippen molar-refractivity contribution in [2.24, 2.45) is 7.05 Å². The highest BCUT2D eigenvalue weighted by molar-refractivity contribution is 5.87. The molecule has 0 saturated heterocycles.